The Kier molecular flexibility index (Phi) is 5.45. The Morgan fingerprint density at radius 1 is 1.22 bits per heavy atom. The summed E-state index contributed by atoms with van der Waals surface area (Å²) in [5.74, 6) is -0.462. The third-order valence-electron chi connectivity index (χ3n) is 4.36. The minimum Gasteiger partial charge on any atom is -0.481 e. The van der Waals surface area contributed by atoms with Crippen molar-refractivity contribution in [3.8, 4) is 0 Å². The van der Waals surface area contributed by atoms with Gasteiger partial charge in [-0.2, -0.15) is 0 Å². The minimum atomic E-state index is -0.612. The van der Waals surface area contributed by atoms with Crippen LogP contribution in [-0.2, 0) is 9.53 Å². The van der Waals surface area contributed by atoms with Gasteiger partial charge in [0.25, 0.3) is 0 Å². The first-order valence-corrected chi connectivity index (χ1v) is 7.30. The zero-order valence-electron chi connectivity index (χ0n) is 11.1. The number of rotatable bonds is 5. The second-order valence-electron chi connectivity index (χ2n) is 5.59. The lowest BCUT2D eigenvalue weighted by atomic mass is 9.83. The lowest BCUT2D eigenvalue weighted by molar-refractivity contribution is -0.145. The van der Waals surface area contributed by atoms with Gasteiger partial charge in [0.2, 0.25) is 0 Å². The molecule has 2 rings (SSSR count). The number of hydrogen-bond acceptors (Lipinski definition) is 3. The number of ether oxygens (including phenoxy) is 1. The number of carboxylic acids is 1. The number of piperidine rings is 1. The quantitative estimate of drug-likeness (QED) is 0.816. The molecule has 0 aliphatic carbocycles. The Morgan fingerprint density at radius 3 is 2.50 bits per heavy atom. The molecular weight excluding hydrogens is 230 g/mol. The Hall–Kier alpha value is -0.610. The van der Waals surface area contributed by atoms with Crippen LogP contribution in [0.3, 0.4) is 0 Å². The van der Waals surface area contributed by atoms with Gasteiger partial charge in [0, 0.05) is 13.2 Å². The molecule has 2 heterocycles. The van der Waals surface area contributed by atoms with Crippen molar-refractivity contribution >= 4 is 5.97 Å². The van der Waals surface area contributed by atoms with E-state index >= 15 is 0 Å². The Morgan fingerprint density at radius 2 is 1.89 bits per heavy atom. The summed E-state index contributed by atoms with van der Waals surface area (Å²) in [5, 5.41) is 9.40. The van der Waals surface area contributed by atoms with Crippen LogP contribution in [0.25, 0.3) is 0 Å². The molecule has 0 aromatic heterocycles. The second-order valence-corrected chi connectivity index (χ2v) is 5.59. The van der Waals surface area contributed by atoms with Gasteiger partial charge >= 0.3 is 5.97 Å². The lowest BCUT2D eigenvalue weighted by Crippen LogP contribution is -2.35. The summed E-state index contributed by atoms with van der Waals surface area (Å²) in [6.45, 7) is 4.73. The number of carboxylic acid groups (broad SMARTS) is 1. The van der Waals surface area contributed by atoms with E-state index in [1.165, 1.54) is 19.3 Å². The smallest absolute Gasteiger partial charge is 0.306 e. The van der Waals surface area contributed by atoms with Gasteiger partial charge in [0.1, 0.15) is 0 Å². The Balaban J connectivity index is 1.79. The van der Waals surface area contributed by atoms with Gasteiger partial charge in [-0.25, -0.2) is 0 Å². The van der Waals surface area contributed by atoms with E-state index in [4.69, 9.17) is 4.74 Å². The van der Waals surface area contributed by atoms with Crippen molar-refractivity contribution in [3.63, 3.8) is 0 Å². The fourth-order valence-corrected chi connectivity index (χ4v) is 3.18. The van der Waals surface area contributed by atoms with Crippen LogP contribution in [0, 0.1) is 11.8 Å². The number of likely N-dealkylation sites (tertiary alicyclic amines) is 1. The summed E-state index contributed by atoms with van der Waals surface area (Å²) in [7, 11) is 0. The van der Waals surface area contributed by atoms with E-state index < -0.39 is 5.97 Å². The van der Waals surface area contributed by atoms with E-state index in [0.717, 1.165) is 52.1 Å². The predicted molar refractivity (Wildman–Crippen MR) is 69.6 cm³/mol. The number of nitrogens with zero attached hydrogens (tertiary/aromatic N) is 1. The molecule has 2 aliphatic rings. The molecule has 4 heteroatoms. The zero-order chi connectivity index (χ0) is 12.8. The van der Waals surface area contributed by atoms with Gasteiger partial charge in [0.05, 0.1) is 5.92 Å². The molecule has 0 radical (unpaired) electrons. The van der Waals surface area contributed by atoms with Crippen LogP contribution in [-0.4, -0.2) is 48.8 Å². The van der Waals surface area contributed by atoms with Crippen LogP contribution < -0.4 is 0 Å². The highest BCUT2D eigenvalue weighted by atomic mass is 16.5. The molecule has 2 aliphatic heterocycles. The average Bonchev–Trinajstić information content (AvgIpc) is 2.41. The molecule has 0 saturated carbocycles. The van der Waals surface area contributed by atoms with Gasteiger partial charge in [-0.3, -0.25) is 4.79 Å². The zero-order valence-corrected chi connectivity index (χ0v) is 11.1. The largest absolute Gasteiger partial charge is 0.481 e. The normalized spacial score (nSPS) is 24.9. The van der Waals surface area contributed by atoms with Crippen molar-refractivity contribution < 1.29 is 14.6 Å². The summed E-state index contributed by atoms with van der Waals surface area (Å²) in [4.78, 5) is 13.8. The highest BCUT2D eigenvalue weighted by Crippen LogP contribution is 2.27. The van der Waals surface area contributed by atoms with Gasteiger partial charge < -0.3 is 14.7 Å². The average molecular weight is 255 g/mol. The van der Waals surface area contributed by atoms with Crippen LogP contribution >= 0.6 is 0 Å². The Bertz CT molecular complexity index is 258. The molecule has 0 bridgehead atoms. The first-order chi connectivity index (χ1) is 8.77. The first kappa shape index (κ1) is 13.8. The van der Waals surface area contributed by atoms with Crippen molar-refractivity contribution in [2.24, 2.45) is 11.8 Å². The van der Waals surface area contributed by atoms with Crippen molar-refractivity contribution in [2.75, 3.05) is 32.8 Å². The van der Waals surface area contributed by atoms with E-state index in [1.54, 1.807) is 0 Å². The second kappa shape index (κ2) is 7.10. The summed E-state index contributed by atoms with van der Waals surface area (Å²) in [5.41, 5.74) is 0. The molecule has 4 nitrogen and oxygen atoms in total. The maximum atomic E-state index is 11.4. The summed E-state index contributed by atoms with van der Waals surface area (Å²) in [6, 6.07) is 0. The maximum Gasteiger partial charge on any atom is 0.306 e. The molecule has 0 amide bonds. The third kappa shape index (κ3) is 3.95. The van der Waals surface area contributed by atoms with Crippen LogP contribution in [0.4, 0.5) is 0 Å². The van der Waals surface area contributed by atoms with Crippen molar-refractivity contribution in [1.29, 1.82) is 0 Å². The van der Waals surface area contributed by atoms with E-state index in [0.29, 0.717) is 5.92 Å². The molecule has 2 fully saturated rings. The van der Waals surface area contributed by atoms with E-state index in [9.17, 15) is 9.90 Å². The molecule has 0 spiro atoms. The molecule has 0 aromatic carbocycles. The van der Waals surface area contributed by atoms with Crippen molar-refractivity contribution in [2.45, 2.75) is 38.5 Å². The van der Waals surface area contributed by atoms with Gasteiger partial charge in [-0.05, 0) is 57.7 Å². The molecule has 1 N–H and O–H groups in total. The van der Waals surface area contributed by atoms with Crippen molar-refractivity contribution in [3.05, 3.63) is 0 Å². The summed E-state index contributed by atoms with van der Waals surface area (Å²) < 4.78 is 5.32. The maximum absolute atomic E-state index is 11.4. The summed E-state index contributed by atoms with van der Waals surface area (Å²) >= 11 is 0. The molecule has 2 saturated heterocycles. The Labute approximate surface area is 109 Å². The highest BCUT2D eigenvalue weighted by molar-refractivity contribution is 5.70. The first-order valence-electron chi connectivity index (χ1n) is 7.30. The molecule has 1 unspecified atom stereocenters. The van der Waals surface area contributed by atoms with Gasteiger partial charge in [0.15, 0.2) is 0 Å². The number of hydrogen-bond donors (Lipinski definition) is 1. The number of aliphatic carboxylic acids is 1. The third-order valence-corrected chi connectivity index (χ3v) is 4.36. The molecule has 104 valence electrons. The van der Waals surface area contributed by atoms with Gasteiger partial charge in [-0.15, -0.1) is 0 Å². The SMILES string of the molecule is O=C(O)C(CCN1CCCCC1)C1CCOCC1. The summed E-state index contributed by atoms with van der Waals surface area (Å²) in [6.07, 6.45) is 6.51. The predicted octanol–water partition coefficient (Wildman–Crippen LogP) is 1.99. The van der Waals surface area contributed by atoms with Crippen LogP contribution in [0.15, 0.2) is 0 Å². The minimum absolute atomic E-state index is 0.171. The van der Waals surface area contributed by atoms with Crippen LogP contribution in [0.2, 0.25) is 0 Å². The number of carbonyl (C=O) groups is 1. The van der Waals surface area contributed by atoms with Crippen molar-refractivity contribution in [1.82, 2.24) is 4.90 Å². The van der Waals surface area contributed by atoms with E-state index in [2.05, 4.69) is 4.90 Å². The van der Waals surface area contributed by atoms with E-state index in [1.807, 2.05) is 0 Å². The lowest BCUT2D eigenvalue weighted by Gasteiger charge is -2.31. The topological polar surface area (TPSA) is 49.8 Å². The van der Waals surface area contributed by atoms with Crippen LogP contribution in [0.1, 0.15) is 38.5 Å². The fourth-order valence-electron chi connectivity index (χ4n) is 3.18. The standard InChI is InChI=1S/C14H25NO3/c16-14(17)13(12-5-10-18-11-6-12)4-9-15-7-2-1-3-8-15/h12-13H,1-11H2,(H,16,17). The monoisotopic (exact) mass is 255 g/mol. The van der Waals surface area contributed by atoms with Crippen LogP contribution in [0.5, 0.6) is 0 Å². The molecular formula is C14H25NO3. The fraction of sp³-hybridized carbons (Fsp3) is 0.929. The molecule has 18 heavy (non-hydrogen) atoms. The van der Waals surface area contributed by atoms with Gasteiger partial charge in [-0.1, -0.05) is 6.42 Å². The van der Waals surface area contributed by atoms with E-state index in [-0.39, 0.29) is 5.92 Å². The highest BCUT2D eigenvalue weighted by Gasteiger charge is 2.29. The molecule has 0 aromatic rings. The molecule has 1 atom stereocenters.